The SMILES string of the molecule is O=C(O)c1cc(C(=O)N(Cc2ccccc2)Cc2ccc(F)cc2)ccn1. The minimum atomic E-state index is -1.20. The van der Waals surface area contributed by atoms with Crippen LogP contribution in [0.15, 0.2) is 72.9 Å². The van der Waals surface area contributed by atoms with Crippen LogP contribution < -0.4 is 0 Å². The number of hydrogen-bond donors (Lipinski definition) is 1. The van der Waals surface area contributed by atoms with E-state index in [2.05, 4.69) is 4.98 Å². The number of carbonyl (C=O) groups is 2. The van der Waals surface area contributed by atoms with Crippen molar-refractivity contribution in [2.45, 2.75) is 13.1 Å². The third kappa shape index (κ3) is 4.76. The van der Waals surface area contributed by atoms with E-state index in [1.54, 1.807) is 17.0 Å². The topological polar surface area (TPSA) is 70.5 Å². The summed E-state index contributed by atoms with van der Waals surface area (Å²) in [5.41, 5.74) is 1.75. The average Bonchev–Trinajstić information content (AvgIpc) is 2.69. The van der Waals surface area contributed by atoms with Gasteiger partial charge in [0.05, 0.1) is 0 Å². The van der Waals surface area contributed by atoms with E-state index >= 15 is 0 Å². The molecule has 6 heteroatoms. The van der Waals surface area contributed by atoms with Crippen molar-refractivity contribution in [1.29, 1.82) is 0 Å². The van der Waals surface area contributed by atoms with E-state index in [-0.39, 0.29) is 29.5 Å². The average molecular weight is 364 g/mol. The number of carbonyl (C=O) groups excluding carboxylic acids is 1. The van der Waals surface area contributed by atoms with Gasteiger partial charge < -0.3 is 10.0 Å². The Hall–Kier alpha value is -3.54. The number of benzene rings is 2. The lowest BCUT2D eigenvalue weighted by Crippen LogP contribution is -2.30. The predicted molar refractivity (Wildman–Crippen MR) is 97.6 cm³/mol. The van der Waals surface area contributed by atoms with Crippen molar-refractivity contribution >= 4 is 11.9 Å². The van der Waals surface area contributed by atoms with Gasteiger partial charge in [-0.1, -0.05) is 42.5 Å². The van der Waals surface area contributed by atoms with Gasteiger partial charge in [0, 0.05) is 24.8 Å². The Bertz CT molecular complexity index is 943. The number of nitrogens with zero attached hydrogens (tertiary/aromatic N) is 2. The van der Waals surface area contributed by atoms with Gasteiger partial charge in [0.25, 0.3) is 5.91 Å². The van der Waals surface area contributed by atoms with Crippen molar-refractivity contribution < 1.29 is 19.1 Å². The number of carboxylic acids is 1. The summed E-state index contributed by atoms with van der Waals surface area (Å²) in [5, 5.41) is 9.10. The van der Waals surface area contributed by atoms with Crippen LogP contribution >= 0.6 is 0 Å². The molecular weight excluding hydrogens is 347 g/mol. The second kappa shape index (κ2) is 8.23. The fourth-order valence-corrected chi connectivity index (χ4v) is 2.68. The first-order valence-electron chi connectivity index (χ1n) is 8.30. The molecule has 0 aliphatic rings. The molecule has 0 aliphatic carbocycles. The van der Waals surface area contributed by atoms with Crippen molar-refractivity contribution in [3.63, 3.8) is 0 Å². The van der Waals surface area contributed by atoms with Gasteiger partial charge in [-0.3, -0.25) is 4.79 Å². The van der Waals surface area contributed by atoms with Gasteiger partial charge in [-0.05, 0) is 35.4 Å². The van der Waals surface area contributed by atoms with Gasteiger partial charge >= 0.3 is 5.97 Å². The van der Waals surface area contributed by atoms with Crippen LogP contribution in [0.3, 0.4) is 0 Å². The molecule has 0 bridgehead atoms. The first kappa shape index (κ1) is 18.3. The normalized spacial score (nSPS) is 10.4. The molecule has 1 amide bonds. The second-order valence-corrected chi connectivity index (χ2v) is 6.01. The maximum Gasteiger partial charge on any atom is 0.354 e. The molecule has 27 heavy (non-hydrogen) atoms. The van der Waals surface area contributed by atoms with E-state index in [9.17, 15) is 14.0 Å². The van der Waals surface area contributed by atoms with Crippen LogP contribution in [0.1, 0.15) is 32.0 Å². The summed E-state index contributed by atoms with van der Waals surface area (Å²) < 4.78 is 13.2. The maximum atomic E-state index is 13.2. The lowest BCUT2D eigenvalue weighted by molar-refractivity contribution is 0.0690. The summed E-state index contributed by atoms with van der Waals surface area (Å²) in [6.07, 6.45) is 1.30. The van der Waals surface area contributed by atoms with E-state index in [0.29, 0.717) is 6.54 Å². The van der Waals surface area contributed by atoms with Crippen LogP contribution in [0, 0.1) is 5.82 Å². The predicted octanol–water partition coefficient (Wildman–Crippen LogP) is 3.76. The molecule has 0 saturated carbocycles. The molecule has 0 radical (unpaired) electrons. The number of rotatable bonds is 6. The van der Waals surface area contributed by atoms with Gasteiger partial charge in [0.15, 0.2) is 0 Å². The molecule has 0 aliphatic heterocycles. The molecule has 1 aromatic heterocycles. The van der Waals surface area contributed by atoms with E-state index in [4.69, 9.17) is 5.11 Å². The van der Waals surface area contributed by atoms with Crippen molar-refractivity contribution in [3.05, 3.63) is 101 Å². The summed E-state index contributed by atoms with van der Waals surface area (Å²) in [6, 6.07) is 18.1. The zero-order chi connectivity index (χ0) is 19.2. The van der Waals surface area contributed by atoms with Crippen LogP contribution in [0.5, 0.6) is 0 Å². The third-order valence-electron chi connectivity index (χ3n) is 4.02. The van der Waals surface area contributed by atoms with Crippen molar-refractivity contribution in [2.24, 2.45) is 0 Å². The number of aromatic nitrogens is 1. The standard InChI is InChI=1S/C21H17FN2O3/c22-18-8-6-16(7-9-18)14-24(13-15-4-2-1-3-5-15)20(25)17-10-11-23-19(12-17)21(26)27/h1-12H,13-14H2,(H,26,27). The van der Waals surface area contributed by atoms with Gasteiger partial charge in [0.1, 0.15) is 11.5 Å². The molecule has 0 spiro atoms. The van der Waals surface area contributed by atoms with E-state index in [0.717, 1.165) is 11.1 Å². The largest absolute Gasteiger partial charge is 0.477 e. The fourth-order valence-electron chi connectivity index (χ4n) is 2.68. The van der Waals surface area contributed by atoms with Gasteiger partial charge in [-0.15, -0.1) is 0 Å². The molecule has 1 heterocycles. The van der Waals surface area contributed by atoms with Gasteiger partial charge in [-0.2, -0.15) is 0 Å². The Morgan fingerprint density at radius 3 is 2.19 bits per heavy atom. The van der Waals surface area contributed by atoms with Crippen LogP contribution in [0.25, 0.3) is 0 Å². The van der Waals surface area contributed by atoms with Crippen molar-refractivity contribution in [1.82, 2.24) is 9.88 Å². The second-order valence-electron chi connectivity index (χ2n) is 6.01. The monoisotopic (exact) mass is 364 g/mol. The van der Waals surface area contributed by atoms with Crippen LogP contribution in [-0.2, 0) is 13.1 Å². The quantitative estimate of drug-likeness (QED) is 0.723. The highest BCUT2D eigenvalue weighted by molar-refractivity contribution is 5.96. The molecule has 0 saturated heterocycles. The van der Waals surface area contributed by atoms with E-state index < -0.39 is 5.97 Å². The summed E-state index contributed by atoms with van der Waals surface area (Å²) in [4.78, 5) is 29.5. The molecular formula is C21H17FN2O3. The van der Waals surface area contributed by atoms with Gasteiger partial charge in [-0.25, -0.2) is 14.2 Å². The maximum absolute atomic E-state index is 13.2. The Kier molecular flexibility index (Phi) is 5.56. The van der Waals surface area contributed by atoms with Crippen LogP contribution in [-0.4, -0.2) is 26.9 Å². The van der Waals surface area contributed by atoms with E-state index in [1.807, 2.05) is 30.3 Å². The molecule has 3 aromatic rings. The Labute approximate surface area is 155 Å². The molecule has 136 valence electrons. The molecule has 5 nitrogen and oxygen atoms in total. The number of amides is 1. The number of carboxylic acid groups (broad SMARTS) is 1. The number of pyridine rings is 1. The lowest BCUT2D eigenvalue weighted by Gasteiger charge is -2.23. The Morgan fingerprint density at radius 2 is 1.56 bits per heavy atom. The number of hydrogen-bond acceptors (Lipinski definition) is 3. The highest BCUT2D eigenvalue weighted by Crippen LogP contribution is 2.15. The summed E-state index contributed by atoms with van der Waals surface area (Å²) in [6.45, 7) is 0.598. The fraction of sp³-hybridized carbons (Fsp3) is 0.0952. The molecule has 3 rings (SSSR count). The first-order valence-corrected chi connectivity index (χ1v) is 8.30. The van der Waals surface area contributed by atoms with Crippen LogP contribution in [0.2, 0.25) is 0 Å². The minimum absolute atomic E-state index is 0.192. The number of halogens is 1. The number of aromatic carboxylic acids is 1. The summed E-state index contributed by atoms with van der Waals surface area (Å²) in [7, 11) is 0. The summed E-state index contributed by atoms with van der Waals surface area (Å²) in [5.74, 6) is -1.87. The Balaban J connectivity index is 1.90. The molecule has 1 N–H and O–H groups in total. The van der Waals surface area contributed by atoms with Gasteiger partial charge in [0.2, 0.25) is 0 Å². The Morgan fingerprint density at radius 1 is 0.926 bits per heavy atom. The van der Waals surface area contributed by atoms with E-state index in [1.165, 1.54) is 30.5 Å². The molecule has 2 aromatic carbocycles. The van der Waals surface area contributed by atoms with Crippen LogP contribution in [0.4, 0.5) is 4.39 Å². The molecule has 0 atom stereocenters. The minimum Gasteiger partial charge on any atom is -0.477 e. The third-order valence-corrected chi connectivity index (χ3v) is 4.02. The molecule has 0 fully saturated rings. The lowest BCUT2D eigenvalue weighted by atomic mass is 10.1. The molecule has 0 unspecified atom stereocenters. The first-order chi connectivity index (χ1) is 13.0. The van der Waals surface area contributed by atoms with Crippen molar-refractivity contribution in [3.8, 4) is 0 Å². The zero-order valence-electron chi connectivity index (χ0n) is 14.4. The van der Waals surface area contributed by atoms with Crippen molar-refractivity contribution in [2.75, 3.05) is 0 Å². The highest BCUT2D eigenvalue weighted by atomic mass is 19.1. The smallest absolute Gasteiger partial charge is 0.354 e. The summed E-state index contributed by atoms with van der Waals surface area (Å²) >= 11 is 0. The zero-order valence-corrected chi connectivity index (χ0v) is 14.4. The highest BCUT2D eigenvalue weighted by Gasteiger charge is 2.18.